The van der Waals surface area contributed by atoms with Crippen molar-refractivity contribution in [3.05, 3.63) is 63.1 Å². The molecule has 1 fully saturated rings. The summed E-state index contributed by atoms with van der Waals surface area (Å²) in [5.74, 6) is -0.312. The van der Waals surface area contributed by atoms with Gasteiger partial charge in [0.15, 0.2) is 0 Å². The second-order valence-electron chi connectivity index (χ2n) is 5.68. The van der Waals surface area contributed by atoms with Gasteiger partial charge >= 0.3 is 5.97 Å². The number of nitrogens with one attached hydrogen (secondary N) is 1. The number of cyclic esters (lactones) is 1. The number of hydrogen-bond acceptors (Lipinski definition) is 3. The first-order valence-corrected chi connectivity index (χ1v) is 8.21. The first kappa shape index (κ1) is 16.4. The molecule has 0 aromatic heterocycles. The molecule has 2 aromatic rings. The van der Waals surface area contributed by atoms with Gasteiger partial charge in [-0.15, -0.1) is 0 Å². The largest absolute Gasteiger partial charge is 0.453 e. The molecule has 3 rings (SSSR count). The van der Waals surface area contributed by atoms with Crippen LogP contribution < -0.4 is 5.32 Å². The number of carbonyl (C=O) groups excluding carboxylic acids is 1. The smallest absolute Gasteiger partial charge is 0.329 e. The van der Waals surface area contributed by atoms with Crippen molar-refractivity contribution in [2.75, 3.05) is 5.32 Å². The first-order valence-electron chi connectivity index (χ1n) is 7.08. The molecular weight excluding hydrogens is 357 g/mol. The van der Waals surface area contributed by atoms with Gasteiger partial charge in [0.05, 0.1) is 10.7 Å². The quantitative estimate of drug-likeness (QED) is 0.746. The second kappa shape index (κ2) is 6.23. The standard InChI is InChI=1S/C17H14Cl3NO2/c1-17(10-2-4-11(18)5-3-10)9-15(16(22)23-17)21-14-7-6-12(19)8-13(14)20/h2-8,15,21H,9H2,1H3. The summed E-state index contributed by atoms with van der Waals surface area (Å²) < 4.78 is 5.61. The van der Waals surface area contributed by atoms with Crippen molar-refractivity contribution in [1.29, 1.82) is 0 Å². The maximum atomic E-state index is 12.2. The van der Waals surface area contributed by atoms with Gasteiger partial charge in [-0.1, -0.05) is 46.9 Å². The predicted molar refractivity (Wildman–Crippen MR) is 93.4 cm³/mol. The van der Waals surface area contributed by atoms with Crippen LogP contribution >= 0.6 is 34.8 Å². The minimum absolute atomic E-state index is 0.312. The Morgan fingerprint density at radius 1 is 1.09 bits per heavy atom. The van der Waals surface area contributed by atoms with Crippen LogP contribution in [0.2, 0.25) is 15.1 Å². The van der Waals surface area contributed by atoms with Crippen LogP contribution in [-0.2, 0) is 15.1 Å². The maximum absolute atomic E-state index is 12.2. The van der Waals surface area contributed by atoms with Crippen molar-refractivity contribution in [2.45, 2.75) is 25.0 Å². The lowest BCUT2D eigenvalue weighted by Crippen LogP contribution is -2.25. The van der Waals surface area contributed by atoms with E-state index in [-0.39, 0.29) is 5.97 Å². The van der Waals surface area contributed by atoms with Gasteiger partial charge in [0, 0.05) is 16.5 Å². The molecule has 1 saturated heterocycles. The fraction of sp³-hybridized carbons (Fsp3) is 0.235. The van der Waals surface area contributed by atoms with Crippen molar-refractivity contribution >= 4 is 46.5 Å². The summed E-state index contributed by atoms with van der Waals surface area (Å²) in [4.78, 5) is 12.2. The van der Waals surface area contributed by atoms with Gasteiger partial charge in [-0.25, -0.2) is 4.79 Å². The number of hydrogen-bond donors (Lipinski definition) is 1. The number of halogens is 3. The predicted octanol–water partition coefficient (Wildman–Crippen LogP) is 5.29. The molecule has 2 unspecified atom stereocenters. The first-order chi connectivity index (χ1) is 10.9. The van der Waals surface area contributed by atoms with Gasteiger partial charge in [0.2, 0.25) is 0 Å². The fourth-order valence-electron chi connectivity index (χ4n) is 2.69. The number of benzene rings is 2. The SMILES string of the molecule is CC1(c2ccc(Cl)cc2)CC(Nc2ccc(Cl)cc2Cl)C(=O)O1. The topological polar surface area (TPSA) is 38.3 Å². The number of anilines is 1. The molecule has 2 atom stereocenters. The van der Waals surface area contributed by atoms with E-state index < -0.39 is 11.6 Å². The van der Waals surface area contributed by atoms with E-state index in [9.17, 15) is 4.79 Å². The molecule has 0 saturated carbocycles. The molecule has 1 heterocycles. The summed E-state index contributed by atoms with van der Waals surface area (Å²) in [6, 6.07) is 11.9. The van der Waals surface area contributed by atoms with Crippen LogP contribution in [0.4, 0.5) is 5.69 Å². The van der Waals surface area contributed by atoms with Crippen LogP contribution in [-0.4, -0.2) is 12.0 Å². The number of esters is 1. The van der Waals surface area contributed by atoms with Crippen molar-refractivity contribution < 1.29 is 9.53 Å². The Balaban J connectivity index is 1.80. The molecule has 1 aliphatic heterocycles. The maximum Gasteiger partial charge on any atom is 0.329 e. The van der Waals surface area contributed by atoms with Crippen LogP contribution in [0.25, 0.3) is 0 Å². The van der Waals surface area contributed by atoms with Crippen molar-refractivity contribution in [3.8, 4) is 0 Å². The van der Waals surface area contributed by atoms with E-state index in [1.165, 1.54) is 0 Å². The zero-order valence-electron chi connectivity index (χ0n) is 12.3. The molecular formula is C17H14Cl3NO2. The third kappa shape index (κ3) is 3.42. The monoisotopic (exact) mass is 369 g/mol. The molecule has 1 aliphatic rings. The molecule has 0 aliphatic carbocycles. The highest BCUT2D eigenvalue weighted by Gasteiger charge is 2.44. The lowest BCUT2D eigenvalue weighted by Gasteiger charge is -2.23. The number of carbonyl (C=O) groups is 1. The summed E-state index contributed by atoms with van der Waals surface area (Å²) in [6.45, 7) is 1.89. The van der Waals surface area contributed by atoms with E-state index in [0.717, 1.165) is 5.56 Å². The molecule has 120 valence electrons. The molecule has 0 bridgehead atoms. The Hall–Kier alpha value is -1.42. The third-order valence-electron chi connectivity index (χ3n) is 3.92. The third-order valence-corrected chi connectivity index (χ3v) is 4.72. The highest BCUT2D eigenvalue weighted by atomic mass is 35.5. The van der Waals surface area contributed by atoms with E-state index in [2.05, 4.69) is 5.32 Å². The van der Waals surface area contributed by atoms with Gasteiger partial charge < -0.3 is 10.1 Å². The molecule has 23 heavy (non-hydrogen) atoms. The minimum Gasteiger partial charge on any atom is -0.453 e. The van der Waals surface area contributed by atoms with Crippen molar-refractivity contribution in [2.24, 2.45) is 0 Å². The zero-order valence-corrected chi connectivity index (χ0v) is 14.5. The van der Waals surface area contributed by atoms with Gasteiger partial charge in [0.1, 0.15) is 11.6 Å². The van der Waals surface area contributed by atoms with E-state index in [1.807, 2.05) is 19.1 Å². The van der Waals surface area contributed by atoms with Crippen LogP contribution in [0.3, 0.4) is 0 Å². The summed E-state index contributed by atoms with van der Waals surface area (Å²) >= 11 is 17.9. The summed E-state index contributed by atoms with van der Waals surface area (Å²) in [6.07, 6.45) is 0.492. The minimum atomic E-state index is -0.696. The van der Waals surface area contributed by atoms with Crippen LogP contribution in [0.1, 0.15) is 18.9 Å². The van der Waals surface area contributed by atoms with E-state index in [0.29, 0.717) is 27.2 Å². The Morgan fingerprint density at radius 3 is 2.39 bits per heavy atom. The molecule has 1 N–H and O–H groups in total. The number of rotatable bonds is 3. The van der Waals surface area contributed by atoms with Gasteiger partial charge in [-0.2, -0.15) is 0 Å². The van der Waals surface area contributed by atoms with E-state index in [4.69, 9.17) is 39.5 Å². The van der Waals surface area contributed by atoms with Gasteiger partial charge in [0.25, 0.3) is 0 Å². The molecule has 3 nitrogen and oxygen atoms in total. The van der Waals surface area contributed by atoms with Crippen LogP contribution in [0, 0.1) is 0 Å². The molecule has 0 radical (unpaired) electrons. The van der Waals surface area contributed by atoms with E-state index >= 15 is 0 Å². The van der Waals surface area contributed by atoms with Crippen LogP contribution in [0.15, 0.2) is 42.5 Å². The van der Waals surface area contributed by atoms with Crippen molar-refractivity contribution in [3.63, 3.8) is 0 Å². The van der Waals surface area contributed by atoms with Gasteiger partial charge in [-0.05, 0) is 42.8 Å². The molecule has 2 aromatic carbocycles. The highest BCUT2D eigenvalue weighted by molar-refractivity contribution is 6.36. The fourth-order valence-corrected chi connectivity index (χ4v) is 3.28. The average molecular weight is 371 g/mol. The summed E-state index contributed by atoms with van der Waals surface area (Å²) in [5, 5.41) is 4.78. The molecule has 6 heteroatoms. The second-order valence-corrected chi connectivity index (χ2v) is 6.96. The lowest BCUT2D eigenvalue weighted by molar-refractivity contribution is -0.148. The van der Waals surface area contributed by atoms with Crippen molar-refractivity contribution in [1.82, 2.24) is 0 Å². The molecule has 0 spiro atoms. The normalized spacial score (nSPS) is 23.7. The van der Waals surface area contributed by atoms with Gasteiger partial charge in [-0.3, -0.25) is 0 Å². The Kier molecular flexibility index (Phi) is 4.45. The lowest BCUT2D eigenvalue weighted by atomic mass is 9.91. The number of ether oxygens (including phenoxy) is 1. The van der Waals surface area contributed by atoms with E-state index in [1.54, 1.807) is 30.3 Å². The van der Waals surface area contributed by atoms with Crippen LogP contribution in [0.5, 0.6) is 0 Å². The summed E-state index contributed by atoms with van der Waals surface area (Å²) in [7, 11) is 0. The average Bonchev–Trinajstić information content (AvgIpc) is 2.78. The Morgan fingerprint density at radius 2 is 1.74 bits per heavy atom. The Labute approximate surface area is 149 Å². The Bertz CT molecular complexity index is 748. The highest BCUT2D eigenvalue weighted by Crippen LogP contribution is 2.38. The molecule has 0 amide bonds. The summed E-state index contributed by atoms with van der Waals surface area (Å²) in [5.41, 5.74) is 0.859. The zero-order chi connectivity index (χ0) is 16.6.